The molecule has 142 valence electrons. The number of benzene rings is 1. The van der Waals surface area contributed by atoms with E-state index in [4.69, 9.17) is 11.6 Å². The molecule has 0 unspecified atom stereocenters. The van der Waals surface area contributed by atoms with Gasteiger partial charge in [-0.25, -0.2) is 15.0 Å². The first kappa shape index (κ1) is 18.2. The molecule has 1 N–H and O–H groups in total. The Kier molecular flexibility index (Phi) is 5.34. The molecule has 8 heteroatoms. The van der Waals surface area contributed by atoms with Crippen molar-refractivity contribution in [3.05, 3.63) is 71.8 Å². The average molecular weight is 395 g/mol. The molecule has 1 fully saturated rings. The molecule has 0 atom stereocenters. The van der Waals surface area contributed by atoms with Gasteiger partial charge in [-0.05, 0) is 24.3 Å². The van der Waals surface area contributed by atoms with Crippen LogP contribution in [0.1, 0.15) is 10.5 Å². The third kappa shape index (κ3) is 4.04. The van der Waals surface area contributed by atoms with Gasteiger partial charge in [-0.15, -0.1) is 0 Å². The predicted octanol–water partition coefficient (Wildman–Crippen LogP) is 3.23. The van der Waals surface area contributed by atoms with Gasteiger partial charge in [0, 0.05) is 32.4 Å². The number of rotatable bonds is 4. The lowest BCUT2D eigenvalue weighted by Gasteiger charge is -2.35. The largest absolute Gasteiger partial charge is 0.353 e. The third-order valence-electron chi connectivity index (χ3n) is 4.55. The first-order valence-corrected chi connectivity index (χ1v) is 9.37. The monoisotopic (exact) mass is 394 g/mol. The highest BCUT2D eigenvalue weighted by Crippen LogP contribution is 2.23. The van der Waals surface area contributed by atoms with Crippen LogP contribution in [0.15, 0.2) is 61.1 Å². The van der Waals surface area contributed by atoms with E-state index in [9.17, 15) is 4.79 Å². The van der Waals surface area contributed by atoms with Crippen LogP contribution in [0.5, 0.6) is 0 Å². The fourth-order valence-corrected chi connectivity index (χ4v) is 3.23. The van der Waals surface area contributed by atoms with E-state index < -0.39 is 0 Å². The van der Waals surface area contributed by atoms with Gasteiger partial charge in [0.25, 0.3) is 5.91 Å². The quantitative estimate of drug-likeness (QED) is 0.732. The number of carbonyl (C=O) groups is 1. The van der Waals surface area contributed by atoms with Crippen LogP contribution in [0.4, 0.5) is 17.3 Å². The highest BCUT2D eigenvalue weighted by atomic mass is 35.5. The minimum absolute atomic E-state index is 0.113. The van der Waals surface area contributed by atoms with Crippen molar-refractivity contribution >= 4 is 34.8 Å². The minimum atomic E-state index is -0.113. The molecular formula is C20H19ClN6O. The first-order valence-electron chi connectivity index (χ1n) is 8.99. The van der Waals surface area contributed by atoms with Crippen LogP contribution in [0.2, 0.25) is 5.02 Å². The Morgan fingerprint density at radius 2 is 1.71 bits per heavy atom. The van der Waals surface area contributed by atoms with Gasteiger partial charge in [-0.1, -0.05) is 29.8 Å². The maximum Gasteiger partial charge on any atom is 0.274 e. The Bertz CT molecular complexity index is 942. The van der Waals surface area contributed by atoms with Crippen LogP contribution in [0.25, 0.3) is 0 Å². The summed E-state index contributed by atoms with van der Waals surface area (Å²) < 4.78 is 0. The molecule has 28 heavy (non-hydrogen) atoms. The topological polar surface area (TPSA) is 74.2 Å². The molecule has 7 nitrogen and oxygen atoms in total. The molecule has 1 aromatic carbocycles. The summed E-state index contributed by atoms with van der Waals surface area (Å²) in [4.78, 5) is 29.6. The SMILES string of the molecule is O=C(c1cnc(Nc2ccccc2Cl)cn1)N1CCN(c2ccccn2)CC1. The van der Waals surface area contributed by atoms with E-state index in [2.05, 4.69) is 25.2 Å². The third-order valence-corrected chi connectivity index (χ3v) is 4.88. The average Bonchev–Trinajstić information content (AvgIpc) is 2.76. The summed E-state index contributed by atoms with van der Waals surface area (Å²) in [7, 11) is 0. The molecular weight excluding hydrogens is 376 g/mol. The molecule has 0 spiro atoms. The maximum atomic E-state index is 12.7. The fourth-order valence-electron chi connectivity index (χ4n) is 3.05. The lowest BCUT2D eigenvalue weighted by molar-refractivity contribution is 0.0740. The van der Waals surface area contributed by atoms with Crippen molar-refractivity contribution in [1.29, 1.82) is 0 Å². The molecule has 1 amide bonds. The van der Waals surface area contributed by atoms with Gasteiger partial charge in [0.15, 0.2) is 0 Å². The molecule has 1 aliphatic heterocycles. The Labute approximate surface area is 168 Å². The summed E-state index contributed by atoms with van der Waals surface area (Å²) in [6, 6.07) is 13.2. The van der Waals surface area contributed by atoms with Gasteiger partial charge in [0.05, 0.1) is 23.1 Å². The van der Waals surface area contributed by atoms with Gasteiger partial charge >= 0.3 is 0 Å². The molecule has 0 radical (unpaired) electrons. The molecule has 1 saturated heterocycles. The number of hydrogen-bond acceptors (Lipinski definition) is 6. The van der Waals surface area contributed by atoms with E-state index in [1.165, 1.54) is 6.20 Å². The standard InChI is InChI=1S/C20H19ClN6O/c21-15-5-1-2-6-16(15)25-18-14-23-17(13-24-18)20(28)27-11-9-26(10-12-27)19-7-3-4-8-22-19/h1-8,13-14H,9-12H2,(H,24,25). The van der Waals surface area contributed by atoms with Crippen LogP contribution < -0.4 is 10.2 Å². The second-order valence-corrected chi connectivity index (χ2v) is 6.77. The second kappa shape index (κ2) is 8.22. The Morgan fingerprint density at radius 3 is 2.39 bits per heavy atom. The normalized spacial score (nSPS) is 14.0. The number of para-hydroxylation sites is 1. The Morgan fingerprint density at radius 1 is 0.929 bits per heavy atom. The van der Waals surface area contributed by atoms with Crippen LogP contribution in [-0.4, -0.2) is 51.9 Å². The van der Waals surface area contributed by atoms with E-state index in [-0.39, 0.29) is 5.91 Å². The van der Waals surface area contributed by atoms with Crippen LogP contribution >= 0.6 is 11.6 Å². The molecule has 0 aliphatic carbocycles. The van der Waals surface area contributed by atoms with Crippen molar-refractivity contribution in [1.82, 2.24) is 19.9 Å². The highest BCUT2D eigenvalue weighted by Gasteiger charge is 2.23. The molecule has 3 heterocycles. The first-order chi connectivity index (χ1) is 13.7. The summed E-state index contributed by atoms with van der Waals surface area (Å²) in [5.74, 6) is 1.35. The van der Waals surface area contributed by atoms with Crippen molar-refractivity contribution in [2.24, 2.45) is 0 Å². The Balaban J connectivity index is 1.37. The lowest BCUT2D eigenvalue weighted by Crippen LogP contribution is -2.49. The predicted molar refractivity (Wildman–Crippen MR) is 109 cm³/mol. The number of carbonyl (C=O) groups excluding carboxylic acids is 1. The van der Waals surface area contributed by atoms with Gasteiger partial charge < -0.3 is 15.1 Å². The molecule has 4 rings (SSSR count). The number of piperazine rings is 1. The number of hydrogen-bond donors (Lipinski definition) is 1. The zero-order chi connectivity index (χ0) is 19.3. The van der Waals surface area contributed by atoms with Crippen LogP contribution in [-0.2, 0) is 0 Å². The maximum absolute atomic E-state index is 12.7. The molecule has 0 saturated carbocycles. The summed E-state index contributed by atoms with van der Waals surface area (Å²) in [5, 5.41) is 3.69. The van der Waals surface area contributed by atoms with Crippen molar-refractivity contribution in [3.63, 3.8) is 0 Å². The van der Waals surface area contributed by atoms with Gasteiger partial charge in [0.2, 0.25) is 0 Å². The van der Waals surface area contributed by atoms with Gasteiger partial charge in [-0.2, -0.15) is 0 Å². The minimum Gasteiger partial charge on any atom is -0.353 e. The van der Waals surface area contributed by atoms with E-state index in [0.29, 0.717) is 29.6 Å². The van der Waals surface area contributed by atoms with Crippen molar-refractivity contribution in [3.8, 4) is 0 Å². The number of pyridine rings is 1. The van der Waals surface area contributed by atoms with E-state index in [0.717, 1.165) is 24.6 Å². The zero-order valence-corrected chi connectivity index (χ0v) is 15.9. The zero-order valence-electron chi connectivity index (χ0n) is 15.1. The number of aromatic nitrogens is 3. The van der Waals surface area contributed by atoms with Crippen molar-refractivity contribution < 1.29 is 4.79 Å². The summed E-state index contributed by atoms with van der Waals surface area (Å²) in [5.41, 5.74) is 1.07. The van der Waals surface area contributed by atoms with E-state index >= 15 is 0 Å². The molecule has 2 aromatic heterocycles. The second-order valence-electron chi connectivity index (χ2n) is 6.36. The molecule has 3 aromatic rings. The van der Waals surface area contributed by atoms with Gasteiger partial charge in [0.1, 0.15) is 17.3 Å². The van der Waals surface area contributed by atoms with Crippen molar-refractivity contribution in [2.75, 3.05) is 36.4 Å². The summed E-state index contributed by atoms with van der Waals surface area (Å²) in [6.07, 6.45) is 4.81. The number of nitrogens with zero attached hydrogens (tertiary/aromatic N) is 5. The smallest absolute Gasteiger partial charge is 0.274 e. The summed E-state index contributed by atoms with van der Waals surface area (Å²) >= 11 is 6.13. The number of halogens is 1. The number of anilines is 3. The lowest BCUT2D eigenvalue weighted by atomic mass is 10.2. The number of amides is 1. The molecule has 1 aliphatic rings. The van der Waals surface area contributed by atoms with E-state index in [1.54, 1.807) is 23.4 Å². The number of nitrogens with one attached hydrogen (secondary N) is 1. The molecule has 0 bridgehead atoms. The van der Waals surface area contributed by atoms with E-state index in [1.807, 2.05) is 36.4 Å². The van der Waals surface area contributed by atoms with Gasteiger partial charge in [-0.3, -0.25) is 4.79 Å². The van der Waals surface area contributed by atoms with Crippen LogP contribution in [0, 0.1) is 0 Å². The fraction of sp³-hybridized carbons (Fsp3) is 0.200. The highest BCUT2D eigenvalue weighted by molar-refractivity contribution is 6.33. The Hall–Kier alpha value is -3.19. The summed E-state index contributed by atoms with van der Waals surface area (Å²) in [6.45, 7) is 2.72. The van der Waals surface area contributed by atoms with Crippen molar-refractivity contribution in [2.45, 2.75) is 0 Å². The van der Waals surface area contributed by atoms with Crippen LogP contribution in [0.3, 0.4) is 0 Å².